The third-order valence-corrected chi connectivity index (χ3v) is 7.54. The Morgan fingerprint density at radius 3 is 2.30 bits per heavy atom. The Morgan fingerprint density at radius 1 is 1.09 bits per heavy atom. The predicted molar refractivity (Wildman–Crippen MR) is 119 cm³/mol. The van der Waals surface area contributed by atoms with E-state index in [0.29, 0.717) is 18.4 Å². The van der Waals surface area contributed by atoms with Crippen molar-refractivity contribution in [1.82, 2.24) is 14.9 Å². The molecule has 0 aromatic heterocycles. The van der Waals surface area contributed by atoms with Gasteiger partial charge >= 0.3 is 0 Å². The zero-order valence-electron chi connectivity index (χ0n) is 18.1. The van der Waals surface area contributed by atoms with Gasteiger partial charge in [0.1, 0.15) is 0 Å². The smallest absolute Gasteiger partial charge is 0.251 e. The van der Waals surface area contributed by atoms with Crippen molar-refractivity contribution in [3.8, 4) is 0 Å². The van der Waals surface area contributed by atoms with Crippen LogP contribution in [0, 0.1) is 11.6 Å². The van der Waals surface area contributed by atoms with Crippen LogP contribution in [0.5, 0.6) is 0 Å². The van der Waals surface area contributed by atoms with Crippen LogP contribution in [0.25, 0.3) is 0 Å². The standard InChI is InChI=1S/C23H25F2N3O4S/c1-3-21(29)27-23(2)10-12-28(13-11-23)33(31,32)18-7-5-17(6-8-18)22(30)26-15-16-4-9-19(24)20(25)14-16/h3-9,14H,1,10-13,15H2,2H3,(H,26,30)(H,27,29). The number of nitrogens with zero attached hydrogens (tertiary/aromatic N) is 1. The van der Waals surface area contributed by atoms with Crippen molar-refractivity contribution in [3.63, 3.8) is 0 Å². The maximum atomic E-state index is 13.3. The van der Waals surface area contributed by atoms with Crippen LogP contribution in [-0.2, 0) is 21.4 Å². The quantitative estimate of drug-likeness (QED) is 0.600. The number of rotatable bonds is 7. The highest BCUT2D eigenvalue weighted by Gasteiger charge is 2.36. The third kappa shape index (κ3) is 5.82. The lowest BCUT2D eigenvalue weighted by atomic mass is 9.90. The van der Waals surface area contributed by atoms with Crippen LogP contribution in [0.2, 0.25) is 0 Å². The summed E-state index contributed by atoms with van der Waals surface area (Å²) < 4.78 is 53.6. The molecule has 10 heteroatoms. The van der Waals surface area contributed by atoms with Gasteiger partial charge in [0.05, 0.1) is 4.90 Å². The van der Waals surface area contributed by atoms with E-state index in [1.165, 1.54) is 40.7 Å². The molecule has 0 aliphatic carbocycles. The Labute approximate surface area is 191 Å². The van der Waals surface area contributed by atoms with Crippen molar-refractivity contribution in [1.29, 1.82) is 0 Å². The van der Waals surface area contributed by atoms with Crippen LogP contribution < -0.4 is 10.6 Å². The first kappa shape index (κ1) is 24.5. The van der Waals surface area contributed by atoms with Crippen molar-refractivity contribution in [2.45, 2.75) is 36.7 Å². The van der Waals surface area contributed by atoms with E-state index in [-0.39, 0.29) is 36.0 Å². The summed E-state index contributed by atoms with van der Waals surface area (Å²) in [6.45, 7) is 5.77. The van der Waals surface area contributed by atoms with E-state index >= 15 is 0 Å². The summed E-state index contributed by atoms with van der Waals surface area (Å²) in [7, 11) is -3.76. The zero-order chi connectivity index (χ0) is 24.2. The summed E-state index contributed by atoms with van der Waals surface area (Å²) in [6, 6.07) is 8.84. The summed E-state index contributed by atoms with van der Waals surface area (Å²) >= 11 is 0. The summed E-state index contributed by atoms with van der Waals surface area (Å²) in [5.41, 5.74) is 0.116. The first-order valence-corrected chi connectivity index (χ1v) is 11.7. The molecular weight excluding hydrogens is 452 g/mol. The number of benzene rings is 2. The van der Waals surface area contributed by atoms with E-state index in [1.54, 1.807) is 0 Å². The molecule has 0 atom stereocenters. The molecule has 0 spiro atoms. The van der Waals surface area contributed by atoms with Gasteiger partial charge in [0.2, 0.25) is 15.9 Å². The minimum Gasteiger partial charge on any atom is -0.348 e. The highest BCUT2D eigenvalue weighted by molar-refractivity contribution is 7.89. The molecule has 0 bridgehead atoms. The summed E-state index contributed by atoms with van der Waals surface area (Å²) in [5, 5.41) is 5.43. The molecule has 0 radical (unpaired) electrons. The number of sulfonamides is 1. The molecule has 33 heavy (non-hydrogen) atoms. The molecule has 3 rings (SSSR count). The van der Waals surface area contributed by atoms with Crippen molar-refractivity contribution in [2.75, 3.05) is 13.1 Å². The van der Waals surface area contributed by atoms with Crippen LogP contribution in [0.15, 0.2) is 60.0 Å². The topological polar surface area (TPSA) is 95.6 Å². The van der Waals surface area contributed by atoms with Gasteiger partial charge in [-0.2, -0.15) is 4.31 Å². The fourth-order valence-electron chi connectivity index (χ4n) is 3.55. The van der Waals surface area contributed by atoms with Gasteiger partial charge in [-0.05, 0) is 67.8 Å². The van der Waals surface area contributed by atoms with E-state index in [4.69, 9.17) is 0 Å². The van der Waals surface area contributed by atoms with E-state index < -0.39 is 33.1 Å². The molecule has 1 fully saturated rings. The Bertz CT molecular complexity index is 1160. The van der Waals surface area contributed by atoms with Gasteiger partial charge in [0, 0.05) is 30.7 Å². The average Bonchev–Trinajstić information content (AvgIpc) is 2.79. The Hall–Kier alpha value is -3.11. The fraction of sp³-hybridized carbons (Fsp3) is 0.304. The fourth-order valence-corrected chi connectivity index (χ4v) is 5.00. The molecule has 2 aromatic rings. The van der Waals surface area contributed by atoms with Gasteiger partial charge in [-0.25, -0.2) is 17.2 Å². The lowest BCUT2D eigenvalue weighted by molar-refractivity contribution is -0.118. The van der Waals surface area contributed by atoms with Gasteiger partial charge in [0.25, 0.3) is 5.91 Å². The van der Waals surface area contributed by atoms with Gasteiger partial charge in [-0.15, -0.1) is 0 Å². The van der Waals surface area contributed by atoms with Crippen LogP contribution in [0.4, 0.5) is 8.78 Å². The molecule has 0 unspecified atom stereocenters. The van der Waals surface area contributed by atoms with E-state index in [1.807, 2.05) is 6.92 Å². The number of carbonyl (C=O) groups is 2. The molecule has 2 amide bonds. The zero-order valence-corrected chi connectivity index (χ0v) is 18.9. The molecule has 1 saturated heterocycles. The molecule has 7 nitrogen and oxygen atoms in total. The second-order valence-corrected chi connectivity index (χ2v) is 10.1. The monoisotopic (exact) mass is 477 g/mol. The number of hydrogen-bond acceptors (Lipinski definition) is 4. The van der Waals surface area contributed by atoms with Crippen LogP contribution in [0.1, 0.15) is 35.7 Å². The lowest BCUT2D eigenvalue weighted by Gasteiger charge is -2.39. The number of halogens is 2. The molecule has 1 aliphatic heterocycles. The Balaban J connectivity index is 1.61. The van der Waals surface area contributed by atoms with Crippen LogP contribution >= 0.6 is 0 Å². The largest absolute Gasteiger partial charge is 0.348 e. The average molecular weight is 478 g/mol. The van der Waals surface area contributed by atoms with Gasteiger partial charge in [-0.1, -0.05) is 12.6 Å². The number of hydrogen-bond donors (Lipinski definition) is 2. The van der Waals surface area contributed by atoms with Gasteiger partial charge < -0.3 is 10.6 Å². The van der Waals surface area contributed by atoms with E-state index in [0.717, 1.165) is 12.1 Å². The second kappa shape index (κ2) is 9.80. The van der Waals surface area contributed by atoms with Gasteiger partial charge in [-0.3, -0.25) is 9.59 Å². The minimum atomic E-state index is -3.76. The molecule has 2 aromatic carbocycles. The van der Waals surface area contributed by atoms with Crippen molar-refractivity contribution in [2.24, 2.45) is 0 Å². The number of amides is 2. The number of piperidine rings is 1. The summed E-state index contributed by atoms with van der Waals surface area (Å²) in [6.07, 6.45) is 2.09. The minimum absolute atomic E-state index is 0.00891. The molecule has 176 valence electrons. The number of nitrogens with one attached hydrogen (secondary N) is 2. The van der Waals surface area contributed by atoms with Gasteiger partial charge in [0.15, 0.2) is 11.6 Å². The molecular formula is C23H25F2N3O4S. The predicted octanol–water partition coefficient (Wildman–Crippen LogP) is 2.74. The maximum Gasteiger partial charge on any atom is 0.251 e. The molecule has 1 heterocycles. The van der Waals surface area contributed by atoms with Crippen molar-refractivity contribution in [3.05, 3.63) is 77.9 Å². The SMILES string of the molecule is C=CC(=O)NC1(C)CCN(S(=O)(=O)c2ccc(C(=O)NCc3ccc(F)c(F)c3)cc2)CC1. The Kier molecular flexibility index (Phi) is 7.28. The van der Waals surface area contributed by atoms with E-state index in [9.17, 15) is 26.8 Å². The summed E-state index contributed by atoms with van der Waals surface area (Å²) in [5.74, 6) is -2.75. The third-order valence-electron chi connectivity index (χ3n) is 5.63. The van der Waals surface area contributed by atoms with Crippen LogP contribution in [0.3, 0.4) is 0 Å². The Morgan fingerprint density at radius 2 is 1.73 bits per heavy atom. The summed E-state index contributed by atoms with van der Waals surface area (Å²) in [4.78, 5) is 24.0. The number of carbonyl (C=O) groups excluding carboxylic acids is 2. The van der Waals surface area contributed by atoms with Crippen LogP contribution in [-0.4, -0.2) is 43.2 Å². The first-order valence-electron chi connectivity index (χ1n) is 10.3. The van der Waals surface area contributed by atoms with E-state index in [2.05, 4.69) is 17.2 Å². The van der Waals surface area contributed by atoms with Crippen molar-refractivity contribution >= 4 is 21.8 Å². The molecule has 0 saturated carbocycles. The normalized spacial score (nSPS) is 16.1. The highest BCUT2D eigenvalue weighted by atomic mass is 32.2. The molecule has 1 aliphatic rings. The second-order valence-electron chi connectivity index (χ2n) is 8.11. The highest BCUT2D eigenvalue weighted by Crippen LogP contribution is 2.26. The van der Waals surface area contributed by atoms with Crippen molar-refractivity contribution < 1.29 is 26.8 Å². The maximum absolute atomic E-state index is 13.3. The first-order chi connectivity index (χ1) is 15.5. The molecule has 2 N–H and O–H groups in total. The lowest BCUT2D eigenvalue weighted by Crippen LogP contribution is -2.53.